The smallest absolute Gasteiger partial charge is 0.305 e. The lowest BCUT2D eigenvalue weighted by atomic mass is 9.71. The highest BCUT2D eigenvalue weighted by Crippen LogP contribution is 2.42. The molecule has 1 saturated carbocycles. The lowest BCUT2D eigenvalue weighted by molar-refractivity contribution is -0.136. The summed E-state index contributed by atoms with van der Waals surface area (Å²) in [4.78, 5) is 30.6. The van der Waals surface area contributed by atoms with Crippen LogP contribution in [0.1, 0.15) is 74.8 Å². The second-order valence-corrected chi connectivity index (χ2v) is 12.4. The molecule has 1 atom stereocenters. The van der Waals surface area contributed by atoms with Gasteiger partial charge in [0.05, 0.1) is 18.2 Å². The van der Waals surface area contributed by atoms with Gasteiger partial charge in [-0.1, -0.05) is 75.4 Å². The minimum absolute atomic E-state index is 0.00681. The predicted octanol–water partition coefficient (Wildman–Crippen LogP) is 7.22. The van der Waals surface area contributed by atoms with Gasteiger partial charge in [0.25, 0.3) is 11.9 Å². The maximum absolute atomic E-state index is 12.5. The molecule has 7 heteroatoms. The quantitative estimate of drug-likeness (QED) is 0.300. The third-order valence-corrected chi connectivity index (χ3v) is 8.62. The number of ether oxygens (including phenoxy) is 1. The van der Waals surface area contributed by atoms with Crippen molar-refractivity contribution in [3.63, 3.8) is 0 Å². The first-order valence-electron chi connectivity index (χ1n) is 14.9. The molecule has 0 aromatic heterocycles. The van der Waals surface area contributed by atoms with Crippen LogP contribution >= 0.6 is 0 Å². The van der Waals surface area contributed by atoms with E-state index in [-0.39, 0.29) is 24.9 Å². The molecule has 2 fully saturated rings. The molecule has 1 heterocycles. The number of nitrogens with zero attached hydrogens (tertiary/aromatic N) is 2. The lowest BCUT2D eigenvalue weighted by Crippen LogP contribution is -2.42. The highest BCUT2D eigenvalue weighted by Gasteiger charge is 2.40. The number of amides is 1. The first-order chi connectivity index (χ1) is 20.2. The van der Waals surface area contributed by atoms with E-state index in [1.54, 1.807) is 12.1 Å². The van der Waals surface area contributed by atoms with Crippen LogP contribution in [0.15, 0.2) is 83.9 Å². The molecule has 3 aromatic rings. The van der Waals surface area contributed by atoms with Crippen molar-refractivity contribution >= 4 is 23.6 Å². The number of amidine groups is 1. The summed E-state index contributed by atoms with van der Waals surface area (Å²) in [5, 5.41) is 11.5. The van der Waals surface area contributed by atoms with Crippen molar-refractivity contribution in [1.82, 2.24) is 10.2 Å². The molecule has 1 saturated heterocycles. The van der Waals surface area contributed by atoms with E-state index < -0.39 is 5.97 Å². The van der Waals surface area contributed by atoms with Crippen LogP contribution in [-0.4, -0.2) is 47.1 Å². The fraction of sp³-hybridized carbons (Fsp3) is 0.400. The summed E-state index contributed by atoms with van der Waals surface area (Å²) in [5.74, 6) is -0.516. The Morgan fingerprint density at radius 2 is 1.55 bits per heavy atom. The predicted molar refractivity (Wildman–Crippen MR) is 166 cm³/mol. The highest BCUT2D eigenvalue weighted by molar-refractivity contribution is 5.94. The van der Waals surface area contributed by atoms with Crippen LogP contribution in [0.4, 0.5) is 5.69 Å². The number of aliphatic imine (C=N–C) groups is 1. The number of carbonyl (C=O) groups is 2. The average molecular weight is 568 g/mol. The van der Waals surface area contributed by atoms with Gasteiger partial charge in [-0.25, -0.2) is 0 Å². The molecule has 1 unspecified atom stereocenters. The molecule has 0 radical (unpaired) electrons. The van der Waals surface area contributed by atoms with E-state index >= 15 is 0 Å². The largest absolute Gasteiger partial charge is 0.481 e. The summed E-state index contributed by atoms with van der Waals surface area (Å²) in [5.41, 5.74) is 5.04. The van der Waals surface area contributed by atoms with E-state index in [4.69, 9.17) is 14.8 Å². The van der Waals surface area contributed by atoms with Crippen molar-refractivity contribution < 1.29 is 19.4 Å². The van der Waals surface area contributed by atoms with Crippen LogP contribution in [0, 0.1) is 11.3 Å². The second kappa shape index (κ2) is 12.8. The summed E-state index contributed by atoms with van der Waals surface area (Å²) >= 11 is 0. The van der Waals surface area contributed by atoms with E-state index in [9.17, 15) is 9.59 Å². The van der Waals surface area contributed by atoms with Crippen molar-refractivity contribution in [3.8, 4) is 11.1 Å². The number of carboxylic acid groups (broad SMARTS) is 1. The summed E-state index contributed by atoms with van der Waals surface area (Å²) in [6, 6.07) is 27.1. The van der Waals surface area contributed by atoms with Gasteiger partial charge in [-0.2, -0.15) is 4.99 Å². The van der Waals surface area contributed by atoms with Gasteiger partial charge in [0.1, 0.15) is 6.61 Å². The first kappa shape index (κ1) is 29.4. The fourth-order valence-corrected chi connectivity index (χ4v) is 6.13. The van der Waals surface area contributed by atoms with E-state index in [2.05, 4.69) is 55.3 Å². The molecule has 1 aliphatic carbocycles. The Morgan fingerprint density at radius 1 is 0.905 bits per heavy atom. The molecule has 2 aliphatic rings. The number of benzene rings is 3. The first-order valence-corrected chi connectivity index (χ1v) is 14.9. The van der Waals surface area contributed by atoms with Gasteiger partial charge < -0.3 is 20.1 Å². The Labute approximate surface area is 248 Å². The Hall–Kier alpha value is -4.13. The number of hydrogen-bond acceptors (Lipinski definition) is 4. The van der Waals surface area contributed by atoms with Crippen LogP contribution in [0.5, 0.6) is 0 Å². The monoisotopic (exact) mass is 567 g/mol. The summed E-state index contributed by atoms with van der Waals surface area (Å²) in [6.45, 7) is 7.61. The van der Waals surface area contributed by atoms with Crippen molar-refractivity contribution in [3.05, 3.63) is 90.0 Å². The van der Waals surface area contributed by atoms with Gasteiger partial charge in [-0.3, -0.25) is 9.59 Å². The van der Waals surface area contributed by atoms with Crippen molar-refractivity contribution in [2.45, 2.75) is 65.0 Å². The van der Waals surface area contributed by atoms with Gasteiger partial charge in [-0.15, -0.1) is 0 Å². The Morgan fingerprint density at radius 3 is 2.17 bits per heavy atom. The second-order valence-electron chi connectivity index (χ2n) is 12.4. The third kappa shape index (κ3) is 7.01. The number of rotatable bonds is 8. The molecule has 220 valence electrons. The van der Waals surface area contributed by atoms with Gasteiger partial charge in [-0.05, 0) is 78.0 Å². The SMILES string of the molecule is CC(C)(C)C1CCC(N2/C(=N/c3ccc(-c4ccccc4)cc3)OCC2c2ccc(C(=O)NCCC(=O)O)cc2)CC1. The minimum atomic E-state index is -0.937. The topological polar surface area (TPSA) is 91.2 Å². The van der Waals surface area contributed by atoms with E-state index in [1.807, 2.05) is 42.5 Å². The molecular weight excluding hydrogens is 526 g/mol. The fourth-order valence-electron chi connectivity index (χ4n) is 6.13. The molecule has 1 amide bonds. The highest BCUT2D eigenvalue weighted by atomic mass is 16.5. The molecule has 0 bridgehead atoms. The van der Waals surface area contributed by atoms with Crippen LogP contribution in [0.3, 0.4) is 0 Å². The Balaban J connectivity index is 1.37. The Kier molecular flexibility index (Phi) is 8.95. The van der Waals surface area contributed by atoms with Gasteiger partial charge >= 0.3 is 5.97 Å². The number of hydrogen-bond donors (Lipinski definition) is 2. The zero-order valence-electron chi connectivity index (χ0n) is 24.8. The maximum atomic E-state index is 12.5. The summed E-state index contributed by atoms with van der Waals surface area (Å²) in [6.07, 6.45) is 4.40. The summed E-state index contributed by atoms with van der Waals surface area (Å²) in [7, 11) is 0. The molecule has 7 nitrogen and oxygen atoms in total. The summed E-state index contributed by atoms with van der Waals surface area (Å²) < 4.78 is 6.29. The zero-order valence-corrected chi connectivity index (χ0v) is 24.8. The maximum Gasteiger partial charge on any atom is 0.305 e. The van der Waals surface area contributed by atoms with Gasteiger partial charge in [0.15, 0.2) is 0 Å². The molecule has 5 rings (SSSR count). The molecule has 0 spiro atoms. The lowest BCUT2D eigenvalue weighted by Gasteiger charge is -2.41. The standard InChI is InChI=1S/C35H41N3O4/c1-35(2,3)28-15-19-30(20-16-28)38-31(26-9-11-27(12-10-26)33(41)36-22-21-32(39)40)23-42-34(38)37-29-17-13-25(14-18-29)24-7-5-4-6-8-24/h4-14,17-18,28,30-31H,15-16,19-23H2,1-3H3,(H,36,41)(H,39,40)/b37-34-. The van der Waals surface area contributed by atoms with E-state index in [0.29, 0.717) is 35.6 Å². The van der Waals surface area contributed by atoms with Crippen molar-refractivity contribution in [2.75, 3.05) is 13.2 Å². The van der Waals surface area contributed by atoms with Gasteiger partial charge in [0, 0.05) is 18.2 Å². The zero-order chi connectivity index (χ0) is 29.7. The average Bonchev–Trinajstić information content (AvgIpc) is 3.41. The molecule has 1 aliphatic heterocycles. The van der Waals surface area contributed by atoms with Crippen LogP contribution < -0.4 is 5.32 Å². The molecule has 3 aromatic carbocycles. The van der Waals surface area contributed by atoms with Crippen LogP contribution in [0.25, 0.3) is 11.1 Å². The molecule has 2 N–H and O–H groups in total. The molecule has 42 heavy (non-hydrogen) atoms. The van der Waals surface area contributed by atoms with Crippen LogP contribution in [0.2, 0.25) is 0 Å². The minimum Gasteiger partial charge on any atom is -0.481 e. The number of carboxylic acids is 1. The van der Waals surface area contributed by atoms with E-state index in [0.717, 1.165) is 29.7 Å². The van der Waals surface area contributed by atoms with Crippen LogP contribution in [-0.2, 0) is 9.53 Å². The van der Waals surface area contributed by atoms with Crippen molar-refractivity contribution in [2.24, 2.45) is 16.3 Å². The normalized spacial score (nSPS) is 21.6. The van der Waals surface area contributed by atoms with Crippen molar-refractivity contribution in [1.29, 1.82) is 0 Å². The van der Waals surface area contributed by atoms with E-state index in [1.165, 1.54) is 18.4 Å². The number of nitrogens with one attached hydrogen (secondary N) is 1. The number of carbonyl (C=O) groups excluding carboxylic acids is 1. The van der Waals surface area contributed by atoms with Gasteiger partial charge in [0.2, 0.25) is 0 Å². The number of aliphatic carboxylic acids is 1. The third-order valence-electron chi connectivity index (χ3n) is 8.62. The molecular formula is C35H41N3O4. The Bertz CT molecular complexity index is 1390.